The van der Waals surface area contributed by atoms with Crippen LogP contribution in [0.25, 0.3) is 0 Å². The molecule has 1 aromatic heterocycles. The summed E-state index contributed by atoms with van der Waals surface area (Å²) in [6.07, 6.45) is -2.64. The van der Waals surface area contributed by atoms with E-state index in [0.717, 1.165) is 19.3 Å². The second-order valence-corrected chi connectivity index (χ2v) is 6.29. The number of hydrogen-bond donors (Lipinski definition) is 1. The molecule has 0 saturated carbocycles. The third-order valence-electron chi connectivity index (χ3n) is 4.21. The maximum atomic E-state index is 13.0. The van der Waals surface area contributed by atoms with Crippen LogP contribution in [0.3, 0.4) is 0 Å². The molecular formula is C15H19F2N3O3. The molecular weight excluding hydrogens is 308 g/mol. The summed E-state index contributed by atoms with van der Waals surface area (Å²) in [5.74, 6) is -0.459. The Hall–Kier alpha value is -1.96. The topological polar surface area (TPSA) is 63.7 Å². The molecule has 2 aliphatic rings. The van der Waals surface area contributed by atoms with Gasteiger partial charge in [-0.25, -0.2) is 4.98 Å². The van der Waals surface area contributed by atoms with Crippen molar-refractivity contribution in [2.75, 3.05) is 13.1 Å². The Balaban J connectivity index is 1.68. The van der Waals surface area contributed by atoms with E-state index in [0.29, 0.717) is 12.0 Å². The number of halogens is 2. The molecule has 3 heterocycles. The molecule has 0 radical (unpaired) electrons. The van der Waals surface area contributed by atoms with E-state index in [4.69, 9.17) is 0 Å². The lowest BCUT2D eigenvalue weighted by molar-refractivity contribution is -0.286. The third-order valence-corrected chi connectivity index (χ3v) is 4.21. The molecule has 1 amide bonds. The first-order chi connectivity index (χ1) is 10.7. The fourth-order valence-electron chi connectivity index (χ4n) is 2.84. The smallest absolute Gasteiger partial charge is 0.395 e. The Kier molecular flexibility index (Phi) is 3.87. The molecule has 2 aliphatic heterocycles. The number of fused-ring (bicyclic) bond motifs is 1. The fraction of sp³-hybridized carbons (Fsp3) is 0.600. The highest BCUT2D eigenvalue weighted by atomic mass is 19.3. The lowest BCUT2D eigenvalue weighted by atomic mass is 10.1. The Morgan fingerprint density at radius 1 is 1.39 bits per heavy atom. The number of carbonyl (C=O) groups is 1. The first-order valence-electron chi connectivity index (χ1n) is 7.56. The minimum absolute atomic E-state index is 0.00133. The second kappa shape index (κ2) is 5.59. The molecule has 23 heavy (non-hydrogen) atoms. The number of nitrogens with one attached hydrogen (secondary N) is 1. The van der Waals surface area contributed by atoms with Crippen molar-refractivity contribution in [2.24, 2.45) is 5.92 Å². The number of nitrogens with zero attached hydrogens (tertiary/aromatic N) is 2. The summed E-state index contributed by atoms with van der Waals surface area (Å²) in [4.78, 5) is 18.5. The van der Waals surface area contributed by atoms with Gasteiger partial charge in [-0.3, -0.25) is 9.69 Å². The normalized spacial score (nSPS) is 25.8. The number of rotatable bonds is 3. The van der Waals surface area contributed by atoms with Crippen LogP contribution in [0.2, 0.25) is 0 Å². The van der Waals surface area contributed by atoms with Crippen LogP contribution < -0.4 is 14.8 Å². The van der Waals surface area contributed by atoms with Crippen LogP contribution in [0.1, 0.15) is 31.3 Å². The van der Waals surface area contributed by atoms with E-state index in [1.807, 2.05) is 0 Å². The quantitative estimate of drug-likeness (QED) is 0.918. The van der Waals surface area contributed by atoms with E-state index in [1.165, 1.54) is 6.07 Å². The van der Waals surface area contributed by atoms with Gasteiger partial charge in [-0.15, -0.1) is 8.78 Å². The summed E-state index contributed by atoms with van der Waals surface area (Å²) >= 11 is 0. The van der Waals surface area contributed by atoms with Crippen LogP contribution in [-0.2, 0) is 0 Å². The predicted molar refractivity (Wildman–Crippen MR) is 77.6 cm³/mol. The number of alkyl halides is 2. The molecule has 2 atom stereocenters. The highest BCUT2D eigenvalue weighted by Gasteiger charge is 2.44. The molecule has 3 rings (SSSR count). The largest absolute Gasteiger partial charge is 0.586 e. The molecule has 1 aromatic rings. The van der Waals surface area contributed by atoms with Crippen molar-refractivity contribution < 1.29 is 23.0 Å². The van der Waals surface area contributed by atoms with Gasteiger partial charge < -0.3 is 14.8 Å². The van der Waals surface area contributed by atoms with Crippen molar-refractivity contribution in [2.45, 2.75) is 39.1 Å². The minimum atomic E-state index is -3.71. The molecule has 0 aliphatic carbocycles. The second-order valence-electron chi connectivity index (χ2n) is 6.29. The summed E-state index contributed by atoms with van der Waals surface area (Å²) < 4.78 is 34.6. The Bertz CT molecular complexity index is 624. The number of carbonyl (C=O) groups excluding carboxylic acids is 1. The lowest BCUT2D eigenvalue weighted by Crippen LogP contribution is -2.40. The molecule has 1 saturated heterocycles. The van der Waals surface area contributed by atoms with Gasteiger partial charge in [0.1, 0.15) is 5.69 Å². The van der Waals surface area contributed by atoms with Crippen molar-refractivity contribution in [1.82, 2.24) is 15.2 Å². The highest BCUT2D eigenvalue weighted by molar-refractivity contribution is 5.93. The maximum absolute atomic E-state index is 13.0. The molecule has 126 valence electrons. The van der Waals surface area contributed by atoms with Crippen molar-refractivity contribution >= 4 is 5.91 Å². The van der Waals surface area contributed by atoms with Gasteiger partial charge in [-0.1, -0.05) is 6.92 Å². The average Bonchev–Trinajstić information content (AvgIpc) is 2.96. The van der Waals surface area contributed by atoms with Crippen molar-refractivity contribution in [3.05, 3.63) is 18.0 Å². The molecule has 8 heteroatoms. The number of pyridine rings is 1. The van der Waals surface area contributed by atoms with Gasteiger partial charge in [-0.05, 0) is 19.8 Å². The van der Waals surface area contributed by atoms with Gasteiger partial charge in [0.05, 0.1) is 6.20 Å². The van der Waals surface area contributed by atoms with Crippen LogP contribution in [0.15, 0.2) is 12.3 Å². The standard InChI is InChI=1S/C15H19F2N3O3/c1-8(2)20-6-9(3)11(7-20)19-14(21)10-4-12-13(5-18-10)23-15(16,17)22-12/h4-5,8-9,11H,6-7H2,1-3H3,(H,19,21)/t9-,11+/m1/s1. The minimum Gasteiger partial charge on any atom is -0.395 e. The first kappa shape index (κ1) is 15.9. The summed E-state index contributed by atoms with van der Waals surface area (Å²) in [6, 6.07) is 1.58. The fourth-order valence-corrected chi connectivity index (χ4v) is 2.84. The van der Waals surface area contributed by atoms with E-state index in [1.54, 1.807) is 0 Å². The molecule has 0 spiro atoms. The van der Waals surface area contributed by atoms with Gasteiger partial charge in [0, 0.05) is 31.2 Å². The number of hydrogen-bond acceptors (Lipinski definition) is 5. The summed E-state index contributed by atoms with van der Waals surface area (Å²) in [6.45, 7) is 7.95. The Labute approximate surface area is 132 Å². The zero-order chi connectivity index (χ0) is 16.8. The number of likely N-dealkylation sites (tertiary alicyclic amines) is 1. The molecule has 0 bridgehead atoms. The van der Waals surface area contributed by atoms with Crippen LogP contribution in [-0.4, -0.2) is 47.3 Å². The van der Waals surface area contributed by atoms with E-state index < -0.39 is 12.2 Å². The van der Waals surface area contributed by atoms with E-state index >= 15 is 0 Å². The number of aromatic nitrogens is 1. The van der Waals surface area contributed by atoms with Gasteiger partial charge in [0.15, 0.2) is 11.5 Å². The molecule has 1 N–H and O–H groups in total. The average molecular weight is 327 g/mol. The maximum Gasteiger partial charge on any atom is 0.586 e. The van der Waals surface area contributed by atoms with Crippen LogP contribution >= 0.6 is 0 Å². The molecule has 0 unspecified atom stereocenters. The molecule has 1 fully saturated rings. The monoisotopic (exact) mass is 327 g/mol. The summed E-state index contributed by atoms with van der Waals surface area (Å²) in [5, 5.41) is 2.91. The SMILES string of the molecule is CC(C)N1C[C@@H](C)[C@@H](NC(=O)c2cc3c(cn2)OC(F)(F)O3)C1. The lowest BCUT2D eigenvalue weighted by Gasteiger charge is -2.20. The molecule has 6 nitrogen and oxygen atoms in total. The van der Waals surface area contributed by atoms with E-state index in [-0.39, 0.29) is 23.2 Å². The molecule has 0 aromatic carbocycles. The number of amides is 1. The van der Waals surface area contributed by atoms with Crippen LogP contribution in [0.5, 0.6) is 11.5 Å². The van der Waals surface area contributed by atoms with E-state index in [9.17, 15) is 13.6 Å². The predicted octanol–water partition coefficient (Wildman–Crippen LogP) is 1.86. The summed E-state index contributed by atoms with van der Waals surface area (Å²) in [7, 11) is 0. The van der Waals surface area contributed by atoms with Crippen LogP contribution in [0.4, 0.5) is 8.78 Å². The van der Waals surface area contributed by atoms with E-state index in [2.05, 4.69) is 45.4 Å². The van der Waals surface area contributed by atoms with Gasteiger partial charge in [0.2, 0.25) is 0 Å². The van der Waals surface area contributed by atoms with Crippen molar-refractivity contribution in [3.8, 4) is 11.5 Å². The van der Waals surface area contributed by atoms with Gasteiger partial charge in [-0.2, -0.15) is 0 Å². The Morgan fingerprint density at radius 3 is 2.74 bits per heavy atom. The summed E-state index contributed by atoms with van der Waals surface area (Å²) in [5.41, 5.74) is 0.0280. The van der Waals surface area contributed by atoms with Crippen molar-refractivity contribution in [1.29, 1.82) is 0 Å². The zero-order valence-electron chi connectivity index (χ0n) is 13.2. The Morgan fingerprint density at radius 2 is 2.09 bits per heavy atom. The highest BCUT2D eigenvalue weighted by Crippen LogP contribution is 2.40. The third kappa shape index (κ3) is 3.21. The number of ether oxygens (including phenoxy) is 2. The first-order valence-corrected chi connectivity index (χ1v) is 7.56. The van der Waals surface area contributed by atoms with Gasteiger partial charge >= 0.3 is 6.29 Å². The zero-order valence-corrected chi connectivity index (χ0v) is 13.2. The van der Waals surface area contributed by atoms with Crippen LogP contribution in [0, 0.1) is 5.92 Å². The van der Waals surface area contributed by atoms with Crippen molar-refractivity contribution in [3.63, 3.8) is 0 Å². The van der Waals surface area contributed by atoms with Gasteiger partial charge in [0.25, 0.3) is 5.91 Å².